The molecule has 0 aromatic rings. The van der Waals surface area contributed by atoms with E-state index >= 15 is 0 Å². The van der Waals surface area contributed by atoms with Crippen molar-refractivity contribution in [3.05, 3.63) is 12.2 Å². The molecule has 1 N–H and O–H groups in total. The smallest absolute Gasteiger partial charge is 0.306 e. The van der Waals surface area contributed by atoms with Crippen molar-refractivity contribution in [3.8, 4) is 0 Å². The third kappa shape index (κ3) is 1.80. The van der Waals surface area contributed by atoms with E-state index < -0.39 is 0 Å². The van der Waals surface area contributed by atoms with E-state index in [0.29, 0.717) is 6.42 Å². The molecule has 1 fully saturated rings. The summed E-state index contributed by atoms with van der Waals surface area (Å²) in [6.45, 7) is 1.80. The van der Waals surface area contributed by atoms with E-state index in [9.17, 15) is 4.79 Å². The van der Waals surface area contributed by atoms with Gasteiger partial charge in [-0.15, -0.1) is 0 Å². The van der Waals surface area contributed by atoms with Crippen LogP contribution in [-0.2, 0) is 9.53 Å². The molecule has 2 unspecified atom stereocenters. The fourth-order valence-corrected chi connectivity index (χ4v) is 1.24. The fourth-order valence-electron chi connectivity index (χ4n) is 1.24. The first-order valence-corrected chi connectivity index (χ1v) is 3.71. The van der Waals surface area contributed by atoms with Crippen LogP contribution >= 0.6 is 0 Å². The van der Waals surface area contributed by atoms with E-state index in [1.807, 2.05) is 19.1 Å². The minimum absolute atomic E-state index is 0.0671. The average Bonchev–Trinajstić information content (AvgIpc) is 2.32. The number of allylic oxidation sites excluding steroid dienone is 1. The van der Waals surface area contributed by atoms with Gasteiger partial charge in [0.15, 0.2) is 0 Å². The SMILES string of the molecule is C/C=C/C1CC(=O)OC1CO. The number of ether oxygens (including phenoxy) is 1. The minimum atomic E-state index is -0.321. The van der Waals surface area contributed by atoms with Crippen molar-refractivity contribution in [3.63, 3.8) is 0 Å². The zero-order valence-corrected chi connectivity index (χ0v) is 6.49. The van der Waals surface area contributed by atoms with Crippen molar-refractivity contribution < 1.29 is 14.6 Å². The Hall–Kier alpha value is -0.830. The number of carbonyl (C=O) groups excluding carboxylic acids is 1. The molecule has 0 aliphatic carbocycles. The molecule has 0 radical (unpaired) electrons. The Morgan fingerprint density at radius 2 is 2.55 bits per heavy atom. The van der Waals surface area contributed by atoms with Gasteiger partial charge in [0, 0.05) is 5.92 Å². The van der Waals surface area contributed by atoms with Gasteiger partial charge in [-0.3, -0.25) is 4.79 Å². The van der Waals surface area contributed by atoms with Gasteiger partial charge in [-0.2, -0.15) is 0 Å². The predicted molar refractivity (Wildman–Crippen MR) is 39.9 cm³/mol. The quantitative estimate of drug-likeness (QED) is 0.467. The lowest BCUT2D eigenvalue weighted by Crippen LogP contribution is -2.18. The van der Waals surface area contributed by atoms with Gasteiger partial charge in [-0.25, -0.2) is 0 Å². The Morgan fingerprint density at radius 1 is 1.82 bits per heavy atom. The van der Waals surface area contributed by atoms with Crippen molar-refractivity contribution in [2.45, 2.75) is 19.4 Å². The number of aliphatic hydroxyl groups is 1. The first-order valence-electron chi connectivity index (χ1n) is 3.71. The van der Waals surface area contributed by atoms with Crippen LogP contribution in [0, 0.1) is 5.92 Å². The van der Waals surface area contributed by atoms with E-state index in [4.69, 9.17) is 9.84 Å². The average molecular weight is 156 g/mol. The van der Waals surface area contributed by atoms with Crippen LogP contribution in [-0.4, -0.2) is 23.8 Å². The second kappa shape index (κ2) is 3.53. The van der Waals surface area contributed by atoms with Gasteiger partial charge in [-0.1, -0.05) is 12.2 Å². The number of esters is 1. The monoisotopic (exact) mass is 156 g/mol. The molecule has 0 aromatic carbocycles. The summed E-state index contributed by atoms with van der Waals surface area (Å²) in [7, 11) is 0. The second-order valence-corrected chi connectivity index (χ2v) is 2.60. The summed E-state index contributed by atoms with van der Waals surface area (Å²) < 4.78 is 4.84. The molecule has 0 aromatic heterocycles. The summed E-state index contributed by atoms with van der Waals surface area (Å²) in [5.74, 6) is -0.148. The van der Waals surface area contributed by atoms with Crippen molar-refractivity contribution >= 4 is 5.97 Å². The Morgan fingerprint density at radius 3 is 3.09 bits per heavy atom. The summed E-state index contributed by atoms with van der Waals surface area (Å²) in [6.07, 6.45) is 3.84. The molecule has 1 saturated heterocycles. The summed E-state index contributed by atoms with van der Waals surface area (Å²) in [6, 6.07) is 0. The highest BCUT2D eigenvalue weighted by Crippen LogP contribution is 2.22. The second-order valence-electron chi connectivity index (χ2n) is 2.60. The Labute approximate surface area is 65.7 Å². The summed E-state index contributed by atoms with van der Waals surface area (Å²) in [4.78, 5) is 10.7. The molecular formula is C8H12O3. The zero-order chi connectivity index (χ0) is 8.27. The highest BCUT2D eigenvalue weighted by Gasteiger charge is 2.31. The fraction of sp³-hybridized carbons (Fsp3) is 0.625. The molecule has 11 heavy (non-hydrogen) atoms. The number of rotatable bonds is 2. The Bertz CT molecular complexity index is 174. The molecular weight excluding hydrogens is 144 g/mol. The van der Waals surface area contributed by atoms with Crippen LogP contribution in [0.5, 0.6) is 0 Å². The zero-order valence-electron chi connectivity index (χ0n) is 6.49. The summed E-state index contributed by atoms with van der Waals surface area (Å²) >= 11 is 0. The van der Waals surface area contributed by atoms with E-state index in [2.05, 4.69) is 0 Å². The van der Waals surface area contributed by atoms with Crippen LogP contribution < -0.4 is 0 Å². The van der Waals surface area contributed by atoms with E-state index in [1.165, 1.54) is 0 Å². The van der Waals surface area contributed by atoms with E-state index in [-0.39, 0.29) is 24.6 Å². The molecule has 1 aliphatic rings. The van der Waals surface area contributed by atoms with Gasteiger partial charge in [-0.05, 0) is 6.92 Å². The summed E-state index contributed by atoms with van der Waals surface area (Å²) in [5.41, 5.74) is 0. The van der Waals surface area contributed by atoms with Gasteiger partial charge >= 0.3 is 5.97 Å². The molecule has 3 nitrogen and oxygen atoms in total. The number of cyclic esters (lactones) is 1. The van der Waals surface area contributed by atoms with Crippen LogP contribution in [0.4, 0.5) is 0 Å². The third-order valence-corrected chi connectivity index (χ3v) is 1.78. The van der Waals surface area contributed by atoms with Crippen LogP contribution in [0.3, 0.4) is 0 Å². The maximum atomic E-state index is 10.7. The lowest BCUT2D eigenvalue weighted by molar-refractivity contribution is -0.142. The minimum Gasteiger partial charge on any atom is -0.459 e. The van der Waals surface area contributed by atoms with Crippen LogP contribution in [0.2, 0.25) is 0 Å². The van der Waals surface area contributed by atoms with Crippen molar-refractivity contribution in [2.75, 3.05) is 6.61 Å². The number of aliphatic hydroxyl groups excluding tert-OH is 1. The highest BCUT2D eigenvalue weighted by atomic mass is 16.6. The third-order valence-electron chi connectivity index (χ3n) is 1.78. The Balaban J connectivity index is 2.57. The predicted octanol–water partition coefficient (Wildman–Crippen LogP) is 0.486. The van der Waals surface area contributed by atoms with E-state index in [0.717, 1.165) is 0 Å². The number of hydrogen-bond donors (Lipinski definition) is 1. The molecule has 2 atom stereocenters. The van der Waals surface area contributed by atoms with Gasteiger partial charge < -0.3 is 9.84 Å². The van der Waals surface area contributed by atoms with Crippen molar-refractivity contribution in [1.29, 1.82) is 0 Å². The molecule has 0 amide bonds. The van der Waals surface area contributed by atoms with E-state index in [1.54, 1.807) is 0 Å². The topological polar surface area (TPSA) is 46.5 Å². The Kier molecular flexibility index (Phi) is 2.65. The molecule has 1 aliphatic heterocycles. The molecule has 1 heterocycles. The van der Waals surface area contributed by atoms with Crippen LogP contribution in [0.1, 0.15) is 13.3 Å². The molecule has 3 heteroatoms. The lowest BCUT2D eigenvalue weighted by atomic mass is 10.0. The molecule has 1 rings (SSSR count). The van der Waals surface area contributed by atoms with Gasteiger partial charge in [0.25, 0.3) is 0 Å². The molecule has 0 saturated carbocycles. The first-order chi connectivity index (χ1) is 5.27. The standard InChI is InChI=1S/C8H12O3/c1-2-3-6-4-8(10)11-7(6)5-9/h2-3,6-7,9H,4-5H2,1H3/b3-2+. The highest BCUT2D eigenvalue weighted by molar-refractivity contribution is 5.72. The van der Waals surface area contributed by atoms with Crippen molar-refractivity contribution in [1.82, 2.24) is 0 Å². The lowest BCUT2D eigenvalue weighted by Gasteiger charge is -2.09. The van der Waals surface area contributed by atoms with Crippen molar-refractivity contribution in [2.24, 2.45) is 5.92 Å². The largest absolute Gasteiger partial charge is 0.459 e. The number of carbonyl (C=O) groups is 1. The number of hydrogen-bond acceptors (Lipinski definition) is 3. The molecule has 62 valence electrons. The van der Waals surface area contributed by atoms with Crippen LogP contribution in [0.25, 0.3) is 0 Å². The van der Waals surface area contributed by atoms with Crippen LogP contribution in [0.15, 0.2) is 12.2 Å². The molecule has 0 bridgehead atoms. The van der Waals surface area contributed by atoms with Gasteiger partial charge in [0.2, 0.25) is 0 Å². The molecule has 0 spiro atoms. The van der Waals surface area contributed by atoms with Gasteiger partial charge in [0.05, 0.1) is 13.0 Å². The summed E-state index contributed by atoms with van der Waals surface area (Å²) in [5, 5.41) is 8.77. The maximum Gasteiger partial charge on any atom is 0.306 e. The normalized spacial score (nSPS) is 31.3. The first kappa shape index (κ1) is 8.27. The maximum absolute atomic E-state index is 10.7. The van der Waals surface area contributed by atoms with Gasteiger partial charge in [0.1, 0.15) is 6.10 Å².